The van der Waals surface area contributed by atoms with Crippen molar-refractivity contribution in [2.24, 2.45) is 0 Å². The maximum absolute atomic E-state index is 11.1. The fraction of sp³-hybridized carbons (Fsp3) is 0.200. The topological polar surface area (TPSA) is 48.4 Å². The standard InChI is InChI=1S/C15H15NO3/c1-18-15(17)9-12-4-6-14(7-5-12)19-11-13-3-2-8-16-10-13/h2-8,10H,9,11H2,1H3. The highest BCUT2D eigenvalue weighted by atomic mass is 16.5. The average Bonchev–Trinajstić information content (AvgIpc) is 2.47. The number of methoxy groups -OCH3 is 1. The molecule has 0 saturated carbocycles. The van der Waals surface area contributed by atoms with Crippen LogP contribution in [0.2, 0.25) is 0 Å². The normalized spacial score (nSPS) is 9.95. The SMILES string of the molecule is COC(=O)Cc1ccc(OCc2cccnc2)cc1. The Bertz CT molecular complexity index is 523. The minimum absolute atomic E-state index is 0.246. The number of hydrogen-bond donors (Lipinski definition) is 0. The van der Waals surface area contributed by atoms with Gasteiger partial charge in [-0.15, -0.1) is 0 Å². The molecule has 2 rings (SSSR count). The van der Waals surface area contributed by atoms with Crippen molar-refractivity contribution in [1.82, 2.24) is 4.98 Å². The second kappa shape index (κ2) is 6.54. The summed E-state index contributed by atoms with van der Waals surface area (Å²) < 4.78 is 10.2. The summed E-state index contributed by atoms with van der Waals surface area (Å²) in [5, 5.41) is 0. The number of pyridine rings is 1. The lowest BCUT2D eigenvalue weighted by Crippen LogP contribution is -2.04. The van der Waals surface area contributed by atoms with Crippen LogP contribution in [0.3, 0.4) is 0 Å². The lowest BCUT2D eigenvalue weighted by Gasteiger charge is -2.06. The van der Waals surface area contributed by atoms with Gasteiger partial charge in [-0.1, -0.05) is 18.2 Å². The van der Waals surface area contributed by atoms with E-state index in [1.54, 1.807) is 12.4 Å². The highest BCUT2D eigenvalue weighted by molar-refractivity contribution is 5.72. The molecule has 0 bridgehead atoms. The molecule has 19 heavy (non-hydrogen) atoms. The molecule has 0 unspecified atom stereocenters. The Morgan fingerprint density at radius 1 is 1.16 bits per heavy atom. The van der Waals surface area contributed by atoms with E-state index in [4.69, 9.17) is 4.74 Å². The largest absolute Gasteiger partial charge is 0.489 e. The van der Waals surface area contributed by atoms with Gasteiger partial charge in [-0.05, 0) is 23.8 Å². The van der Waals surface area contributed by atoms with Crippen molar-refractivity contribution in [1.29, 1.82) is 0 Å². The molecule has 0 atom stereocenters. The van der Waals surface area contributed by atoms with Gasteiger partial charge in [0.2, 0.25) is 0 Å². The van der Waals surface area contributed by atoms with E-state index in [0.29, 0.717) is 6.61 Å². The lowest BCUT2D eigenvalue weighted by atomic mass is 10.1. The number of hydrogen-bond acceptors (Lipinski definition) is 4. The first-order valence-electron chi connectivity index (χ1n) is 5.95. The summed E-state index contributed by atoms with van der Waals surface area (Å²) in [6, 6.07) is 11.2. The van der Waals surface area contributed by atoms with Crippen LogP contribution >= 0.6 is 0 Å². The predicted molar refractivity (Wildman–Crippen MR) is 70.7 cm³/mol. The second-order valence-corrected chi connectivity index (χ2v) is 4.05. The Kier molecular flexibility index (Phi) is 4.50. The highest BCUT2D eigenvalue weighted by Gasteiger charge is 2.03. The Morgan fingerprint density at radius 3 is 2.58 bits per heavy atom. The zero-order valence-electron chi connectivity index (χ0n) is 10.7. The third-order valence-electron chi connectivity index (χ3n) is 2.63. The van der Waals surface area contributed by atoms with Crippen LogP contribution in [0.25, 0.3) is 0 Å². The molecule has 0 spiro atoms. The Labute approximate surface area is 112 Å². The van der Waals surface area contributed by atoms with Gasteiger partial charge in [-0.3, -0.25) is 9.78 Å². The number of nitrogens with zero attached hydrogens (tertiary/aromatic N) is 1. The van der Waals surface area contributed by atoms with Crippen LogP contribution in [0, 0.1) is 0 Å². The molecule has 0 N–H and O–H groups in total. The Hall–Kier alpha value is -2.36. The van der Waals surface area contributed by atoms with Gasteiger partial charge in [0.1, 0.15) is 12.4 Å². The predicted octanol–water partition coefficient (Wildman–Crippen LogP) is 2.38. The Balaban J connectivity index is 1.90. The van der Waals surface area contributed by atoms with E-state index in [1.807, 2.05) is 36.4 Å². The molecule has 0 aliphatic carbocycles. The molecule has 0 radical (unpaired) electrons. The van der Waals surface area contributed by atoms with Crippen molar-refractivity contribution >= 4 is 5.97 Å². The zero-order chi connectivity index (χ0) is 13.5. The molecule has 4 nitrogen and oxygen atoms in total. The number of carbonyl (C=O) groups excluding carboxylic acids is 1. The molecular weight excluding hydrogens is 242 g/mol. The summed E-state index contributed by atoms with van der Waals surface area (Å²) in [6.45, 7) is 0.476. The van der Waals surface area contributed by atoms with Gasteiger partial charge in [0.25, 0.3) is 0 Å². The summed E-state index contributed by atoms with van der Waals surface area (Å²) in [5.41, 5.74) is 1.92. The average molecular weight is 257 g/mol. The van der Waals surface area contributed by atoms with Crippen LogP contribution < -0.4 is 4.74 Å². The number of aromatic nitrogens is 1. The molecule has 98 valence electrons. The molecular formula is C15H15NO3. The van der Waals surface area contributed by atoms with E-state index in [-0.39, 0.29) is 12.4 Å². The van der Waals surface area contributed by atoms with Gasteiger partial charge in [0.05, 0.1) is 13.5 Å². The van der Waals surface area contributed by atoms with Gasteiger partial charge in [0.15, 0.2) is 0 Å². The van der Waals surface area contributed by atoms with E-state index < -0.39 is 0 Å². The molecule has 2 aromatic rings. The number of carbonyl (C=O) groups is 1. The first kappa shape index (κ1) is 13.1. The molecule has 0 aliphatic heterocycles. The van der Waals surface area contributed by atoms with Crippen molar-refractivity contribution in [2.75, 3.05) is 7.11 Å². The van der Waals surface area contributed by atoms with Crippen LogP contribution in [0.5, 0.6) is 5.75 Å². The fourth-order valence-corrected chi connectivity index (χ4v) is 1.59. The lowest BCUT2D eigenvalue weighted by molar-refractivity contribution is -0.139. The van der Waals surface area contributed by atoms with Crippen LogP contribution in [0.4, 0.5) is 0 Å². The van der Waals surface area contributed by atoms with Gasteiger partial charge in [-0.25, -0.2) is 0 Å². The van der Waals surface area contributed by atoms with Gasteiger partial charge in [0, 0.05) is 18.0 Å². The first-order chi connectivity index (χ1) is 9.28. The Morgan fingerprint density at radius 2 is 1.95 bits per heavy atom. The number of rotatable bonds is 5. The molecule has 1 heterocycles. The summed E-state index contributed by atoms with van der Waals surface area (Å²) >= 11 is 0. The van der Waals surface area contributed by atoms with Crippen LogP contribution in [0.1, 0.15) is 11.1 Å². The van der Waals surface area contributed by atoms with Crippen molar-refractivity contribution in [2.45, 2.75) is 13.0 Å². The van der Waals surface area contributed by atoms with E-state index in [1.165, 1.54) is 7.11 Å². The monoisotopic (exact) mass is 257 g/mol. The van der Waals surface area contributed by atoms with Crippen LogP contribution in [0.15, 0.2) is 48.8 Å². The van der Waals surface area contributed by atoms with E-state index in [9.17, 15) is 4.79 Å². The van der Waals surface area contributed by atoms with Crippen molar-refractivity contribution in [3.63, 3.8) is 0 Å². The second-order valence-electron chi connectivity index (χ2n) is 4.05. The molecule has 0 saturated heterocycles. The third kappa shape index (κ3) is 4.10. The quantitative estimate of drug-likeness (QED) is 0.772. The minimum atomic E-state index is -0.246. The summed E-state index contributed by atoms with van der Waals surface area (Å²) in [7, 11) is 1.38. The molecule has 0 amide bonds. The molecule has 1 aromatic carbocycles. The van der Waals surface area contributed by atoms with Gasteiger partial charge >= 0.3 is 5.97 Å². The van der Waals surface area contributed by atoms with Gasteiger partial charge in [-0.2, -0.15) is 0 Å². The van der Waals surface area contributed by atoms with Crippen molar-refractivity contribution in [3.05, 3.63) is 59.9 Å². The van der Waals surface area contributed by atoms with Crippen LogP contribution in [-0.4, -0.2) is 18.1 Å². The van der Waals surface area contributed by atoms with Crippen molar-refractivity contribution in [3.8, 4) is 5.75 Å². The summed E-state index contributed by atoms with van der Waals surface area (Å²) in [4.78, 5) is 15.1. The first-order valence-corrected chi connectivity index (χ1v) is 5.95. The number of ether oxygens (including phenoxy) is 2. The number of benzene rings is 1. The van der Waals surface area contributed by atoms with E-state index >= 15 is 0 Å². The number of esters is 1. The molecule has 1 aromatic heterocycles. The van der Waals surface area contributed by atoms with E-state index in [2.05, 4.69) is 9.72 Å². The van der Waals surface area contributed by atoms with E-state index in [0.717, 1.165) is 16.9 Å². The smallest absolute Gasteiger partial charge is 0.309 e. The summed E-state index contributed by atoms with van der Waals surface area (Å²) in [6.07, 6.45) is 3.77. The maximum Gasteiger partial charge on any atom is 0.309 e. The zero-order valence-corrected chi connectivity index (χ0v) is 10.7. The highest BCUT2D eigenvalue weighted by Crippen LogP contribution is 2.14. The van der Waals surface area contributed by atoms with Crippen LogP contribution in [-0.2, 0) is 22.6 Å². The molecule has 0 fully saturated rings. The van der Waals surface area contributed by atoms with Gasteiger partial charge < -0.3 is 9.47 Å². The minimum Gasteiger partial charge on any atom is -0.489 e. The maximum atomic E-state index is 11.1. The third-order valence-corrected chi connectivity index (χ3v) is 2.63. The molecule has 4 heteroatoms. The fourth-order valence-electron chi connectivity index (χ4n) is 1.59. The summed E-state index contributed by atoms with van der Waals surface area (Å²) in [5.74, 6) is 0.515. The van der Waals surface area contributed by atoms with Crippen molar-refractivity contribution < 1.29 is 14.3 Å². The molecule has 0 aliphatic rings.